The minimum atomic E-state index is -0.531. The van der Waals surface area contributed by atoms with Gasteiger partial charge in [-0.1, -0.05) is 73.1 Å². The van der Waals surface area contributed by atoms with E-state index in [2.05, 4.69) is 48.1 Å². The second kappa shape index (κ2) is 9.44. The van der Waals surface area contributed by atoms with Crippen LogP contribution in [-0.4, -0.2) is 25.1 Å². The number of allylic oxidation sites excluding steroid dienone is 3. The minimum absolute atomic E-state index is 0.0328. The summed E-state index contributed by atoms with van der Waals surface area (Å²) >= 11 is 0. The predicted octanol–water partition coefficient (Wildman–Crippen LogP) is 7.76. The van der Waals surface area contributed by atoms with Crippen molar-refractivity contribution < 1.29 is 19.1 Å². The van der Waals surface area contributed by atoms with Gasteiger partial charge >= 0.3 is 5.97 Å². The molecule has 5 rings (SSSR count). The molecule has 4 fully saturated rings. The second-order valence-corrected chi connectivity index (χ2v) is 14.9. The summed E-state index contributed by atoms with van der Waals surface area (Å²) in [6, 6.07) is 0. The Hall–Kier alpha value is -1.71. The fraction of sp³-hybridized carbons (Fsp3) is 0.794. The zero-order chi connectivity index (χ0) is 28.5. The van der Waals surface area contributed by atoms with Gasteiger partial charge in [-0.25, -0.2) is 0 Å². The predicted molar refractivity (Wildman–Crippen MR) is 152 cm³/mol. The van der Waals surface area contributed by atoms with Crippen molar-refractivity contribution in [2.45, 2.75) is 107 Å². The average molecular weight is 525 g/mol. The van der Waals surface area contributed by atoms with Crippen molar-refractivity contribution in [1.82, 2.24) is 0 Å². The van der Waals surface area contributed by atoms with E-state index in [1.54, 1.807) is 0 Å². The van der Waals surface area contributed by atoms with Crippen molar-refractivity contribution in [3.8, 4) is 0 Å². The molecule has 5 aliphatic carbocycles. The van der Waals surface area contributed by atoms with Crippen molar-refractivity contribution >= 4 is 18.0 Å². The van der Waals surface area contributed by atoms with E-state index in [1.807, 2.05) is 19.9 Å². The highest BCUT2D eigenvalue weighted by Gasteiger charge is 2.67. The second-order valence-electron chi connectivity index (χ2n) is 14.9. The Morgan fingerprint density at radius 2 is 1.61 bits per heavy atom. The van der Waals surface area contributed by atoms with Gasteiger partial charge in [-0.2, -0.15) is 0 Å². The summed E-state index contributed by atoms with van der Waals surface area (Å²) in [6.07, 6.45) is 10.4. The maximum atomic E-state index is 14.2. The Labute approximate surface area is 231 Å². The molecule has 0 aromatic carbocycles. The number of rotatable bonds is 2. The number of carbonyl (C=O) groups excluding carboxylic acids is 3. The van der Waals surface area contributed by atoms with Crippen LogP contribution in [0, 0.1) is 56.7 Å². The van der Waals surface area contributed by atoms with E-state index in [9.17, 15) is 14.4 Å². The average Bonchev–Trinajstić information content (AvgIpc) is 2.87. The van der Waals surface area contributed by atoms with Crippen LogP contribution < -0.4 is 0 Å². The normalized spacial score (nSPS) is 44.6. The first-order valence-electron chi connectivity index (χ1n) is 15.2. The van der Waals surface area contributed by atoms with Crippen molar-refractivity contribution in [3.05, 3.63) is 23.8 Å². The number of methoxy groups -OCH3 is 1. The summed E-state index contributed by atoms with van der Waals surface area (Å²) in [4.78, 5) is 39.7. The lowest BCUT2D eigenvalue weighted by atomic mass is 9.37. The number of hydrogen-bond donors (Lipinski definition) is 0. The van der Waals surface area contributed by atoms with Gasteiger partial charge in [-0.05, 0) is 96.9 Å². The highest BCUT2D eigenvalue weighted by molar-refractivity contribution is 5.95. The molecule has 0 aromatic heterocycles. The van der Waals surface area contributed by atoms with Gasteiger partial charge < -0.3 is 9.53 Å². The molecule has 0 spiro atoms. The van der Waals surface area contributed by atoms with Gasteiger partial charge in [-0.3, -0.25) is 9.59 Å². The SMILES string of the molecule is C=C1C(C=O)CC2(C)C3=CC(=O)C4C(CCC5(C(=O)OC)CCC(C)(C)CC45)C3(C)CCC2C1(C)C.CC. The van der Waals surface area contributed by atoms with E-state index in [0.717, 1.165) is 63.2 Å². The van der Waals surface area contributed by atoms with Crippen molar-refractivity contribution in [3.63, 3.8) is 0 Å². The molecule has 8 atom stereocenters. The monoisotopic (exact) mass is 524 g/mol. The molecule has 0 heterocycles. The van der Waals surface area contributed by atoms with E-state index in [0.29, 0.717) is 5.92 Å². The van der Waals surface area contributed by atoms with Crippen LogP contribution >= 0.6 is 0 Å². The van der Waals surface area contributed by atoms with E-state index in [4.69, 9.17) is 4.74 Å². The van der Waals surface area contributed by atoms with Crippen LogP contribution in [0.5, 0.6) is 0 Å². The smallest absolute Gasteiger partial charge is 0.312 e. The summed E-state index contributed by atoms with van der Waals surface area (Å²) in [5.41, 5.74) is 1.48. The third-order valence-electron chi connectivity index (χ3n) is 12.4. The van der Waals surface area contributed by atoms with Crippen LogP contribution in [0.1, 0.15) is 107 Å². The molecule has 0 bridgehead atoms. The third-order valence-corrected chi connectivity index (χ3v) is 12.4. The molecule has 4 saturated carbocycles. The molecule has 5 aliphatic rings. The van der Waals surface area contributed by atoms with Crippen LogP contribution in [-0.2, 0) is 19.1 Å². The molecule has 0 N–H and O–H groups in total. The molecule has 0 radical (unpaired) electrons. The lowest BCUT2D eigenvalue weighted by Crippen LogP contribution is -2.62. The van der Waals surface area contributed by atoms with Crippen LogP contribution in [0.4, 0.5) is 0 Å². The van der Waals surface area contributed by atoms with Gasteiger partial charge in [-0.15, -0.1) is 0 Å². The number of aldehydes is 1. The Morgan fingerprint density at radius 1 is 0.947 bits per heavy atom. The number of hydrogen-bond acceptors (Lipinski definition) is 4. The molecule has 0 amide bonds. The van der Waals surface area contributed by atoms with Crippen LogP contribution in [0.3, 0.4) is 0 Å². The number of ketones is 1. The first-order chi connectivity index (χ1) is 17.7. The number of carbonyl (C=O) groups is 3. The lowest BCUT2D eigenvalue weighted by molar-refractivity contribution is -0.178. The fourth-order valence-electron chi connectivity index (χ4n) is 10.5. The number of fused-ring (bicyclic) bond motifs is 7. The standard InChI is InChI=1S/C32H46O4.C2H6/c1-19-20(18-33)16-31(7)24(29(19,4)5)10-11-30(6)21-9-12-32(27(35)36-8)14-13-28(2,3)17-22(32)26(21)23(34)15-25(30)31;1-2/h15,18,20-22,24,26H,1,9-14,16-17H2,2-8H3;1-2H3. The largest absolute Gasteiger partial charge is 0.469 e. The highest BCUT2D eigenvalue weighted by Crippen LogP contribution is 2.72. The molecular formula is C34H52O4. The first-order valence-corrected chi connectivity index (χ1v) is 15.2. The molecule has 8 unspecified atom stereocenters. The summed E-state index contributed by atoms with van der Waals surface area (Å²) in [5, 5.41) is 0. The van der Waals surface area contributed by atoms with Crippen LogP contribution in [0.2, 0.25) is 0 Å². The zero-order valence-electron chi connectivity index (χ0n) is 25.5. The Morgan fingerprint density at radius 3 is 2.21 bits per heavy atom. The minimum Gasteiger partial charge on any atom is -0.469 e. The summed E-state index contributed by atoms with van der Waals surface area (Å²) in [7, 11) is 1.51. The molecule has 4 nitrogen and oxygen atoms in total. The van der Waals surface area contributed by atoms with Crippen molar-refractivity contribution in [2.24, 2.45) is 56.7 Å². The number of esters is 1. The third kappa shape index (κ3) is 3.85. The summed E-state index contributed by atoms with van der Waals surface area (Å²) < 4.78 is 5.40. The molecule has 212 valence electrons. The lowest BCUT2D eigenvalue weighted by Gasteiger charge is -2.66. The van der Waals surface area contributed by atoms with Gasteiger partial charge in [0.1, 0.15) is 6.29 Å². The van der Waals surface area contributed by atoms with Gasteiger partial charge in [0.2, 0.25) is 0 Å². The summed E-state index contributed by atoms with van der Waals surface area (Å²) in [6.45, 7) is 22.2. The van der Waals surface area contributed by atoms with Gasteiger partial charge in [0.05, 0.1) is 12.5 Å². The molecule has 38 heavy (non-hydrogen) atoms. The summed E-state index contributed by atoms with van der Waals surface area (Å²) in [5.74, 6) is 0.451. The van der Waals surface area contributed by atoms with E-state index in [-0.39, 0.29) is 57.1 Å². The zero-order valence-corrected chi connectivity index (χ0v) is 25.5. The molecule has 0 saturated heterocycles. The molecule has 0 aromatic rings. The fourth-order valence-corrected chi connectivity index (χ4v) is 10.5. The quantitative estimate of drug-likeness (QED) is 0.210. The Kier molecular flexibility index (Phi) is 7.28. The van der Waals surface area contributed by atoms with Crippen LogP contribution in [0.25, 0.3) is 0 Å². The van der Waals surface area contributed by atoms with Crippen molar-refractivity contribution in [2.75, 3.05) is 7.11 Å². The topological polar surface area (TPSA) is 60.4 Å². The van der Waals surface area contributed by atoms with E-state index >= 15 is 0 Å². The Bertz CT molecular complexity index is 1050. The molecule has 0 aliphatic heterocycles. The Balaban J connectivity index is 0.00000164. The first kappa shape index (κ1) is 29.3. The van der Waals surface area contributed by atoms with Gasteiger partial charge in [0, 0.05) is 11.8 Å². The van der Waals surface area contributed by atoms with Gasteiger partial charge in [0.15, 0.2) is 5.78 Å². The molecular weight excluding hydrogens is 472 g/mol. The van der Waals surface area contributed by atoms with Crippen LogP contribution in [0.15, 0.2) is 23.8 Å². The van der Waals surface area contributed by atoms with Crippen molar-refractivity contribution in [1.29, 1.82) is 0 Å². The van der Waals surface area contributed by atoms with Gasteiger partial charge in [0.25, 0.3) is 0 Å². The van der Waals surface area contributed by atoms with E-state index in [1.165, 1.54) is 12.7 Å². The maximum absolute atomic E-state index is 14.2. The molecule has 4 heteroatoms. The highest BCUT2D eigenvalue weighted by atomic mass is 16.5. The maximum Gasteiger partial charge on any atom is 0.312 e. The van der Waals surface area contributed by atoms with E-state index < -0.39 is 5.41 Å². The number of ether oxygens (including phenoxy) is 1.